The van der Waals surface area contributed by atoms with E-state index >= 15 is 0 Å². The van der Waals surface area contributed by atoms with E-state index in [-0.39, 0.29) is 23.3 Å². The van der Waals surface area contributed by atoms with Crippen LogP contribution in [0.3, 0.4) is 0 Å². The number of nitrogens with one attached hydrogen (secondary N) is 1. The molecule has 3 atom stereocenters. The minimum atomic E-state index is -3.24. The summed E-state index contributed by atoms with van der Waals surface area (Å²) in [5.41, 5.74) is 1.10. The van der Waals surface area contributed by atoms with Crippen LogP contribution in [-0.4, -0.2) is 32.6 Å². The molecule has 1 N–H and O–H groups in total. The van der Waals surface area contributed by atoms with E-state index < -0.39 is 15.2 Å². The first-order chi connectivity index (χ1) is 8.89. The highest BCUT2D eigenvalue weighted by Gasteiger charge is 2.51. The van der Waals surface area contributed by atoms with E-state index in [1.807, 2.05) is 37.3 Å². The molecule has 19 heavy (non-hydrogen) atoms. The number of carbonyl (C=O) groups is 1. The third-order valence-corrected chi connectivity index (χ3v) is 4.73. The van der Waals surface area contributed by atoms with Crippen LogP contribution in [0.1, 0.15) is 24.8 Å². The molecule has 0 radical (unpaired) electrons. The average Bonchev–Trinajstić information content (AvgIpc) is 2.35. The predicted octanol–water partition coefficient (Wildman–Crippen LogP) is -0.0924. The van der Waals surface area contributed by atoms with Crippen LogP contribution in [-0.2, 0) is 19.5 Å². The summed E-state index contributed by atoms with van der Waals surface area (Å²) in [5.74, 6) is -0.0852. The van der Waals surface area contributed by atoms with Crippen molar-refractivity contribution in [2.45, 2.75) is 24.6 Å². The number of hydroxylamine groups is 2. The maximum atomic E-state index is 11.4. The van der Waals surface area contributed by atoms with Gasteiger partial charge in [-0.3, -0.25) is 0 Å². The zero-order chi connectivity index (χ0) is 14.0. The van der Waals surface area contributed by atoms with E-state index in [0.29, 0.717) is 6.61 Å². The molecule has 104 valence electrons. The lowest BCUT2D eigenvalue weighted by Gasteiger charge is -2.30. The summed E-state index contributed by atoms with van der Waals surface area (Å²) in [4.78, 5) is 16.8. The van der Waals surface area contributed by atoms with Gasteiger partial charge in [-0.15, -0.1) is 5.06 Å². The SMILES string of the molecule is CC(CO[NH+]1C(=O)CC1S(C)(=O)=O)c1ccccc1. The van der Waals surface area contributed by atoms with Gasteiger partial charge in [0.05, 0.1) is 0 Å². The fraction of sp³-hybridized carbons (Fsp3) is 0.462. The molecule has 3 unspecified atom stereocenters. The Morgan fingerprint density at radius 2 is 2.00 bits per heavy atom. The third-order valence-electron chi connectivity index (χ3n) is 3.31. The third kappa shape index (κ3) is 3.20. The summed E-state index contributed by atoms with van der Waals surface area (Å²) in [6.45, 7) is 2.30. The van der Waals surface area contributed by atoms with Crippen molar-refractivity contribution in [1.29, 1.82) is 0 Å². The molecule has 0 bridgehead atoms. The average molecular weight is 284 g/mol. The summed E-state index contributed by atoms with van der Waals surface area (Å²) < 4.78 is 22.9. The number of β-lactam (4-membered cyclic amide) rings is 1. The molecule has 1 aliphatic heterocycles. The molecule has 6 heteroatoms. The van der Waals surface area contributed by atoms with E-state index in [1.54, 1.807) is 0 Å². The zero-order valence-corrected chi connectivity index (χ0v) is 11.8. The molecule has 1 fully saturated rings. The van der Waals surface area contributed by atoms with Crippen molar-refractivity contribution in [3.63, 3.8) is 0 Å². The van der Waals surface area contributed by atoms with Crippen LogP contribution in [0.5, 0.6) is 0 Å². The monoisotopic (exact) mass is 284 g/mol. The van der Waals surface area contributed by atoms with Crippen LogP contribution < -0.4 is 5.06 Å². The van der Waals surface area contributed by atoms with Gasteiger partial charge in [0.15, 0.2) is 0 Å². The van der Waals surface area contributed by atoms with Gasteiger partial charge >= 0.3 is 5.91 Å². The van der Waals surface area contributed by atoms with Gasteiger partial charge in [-0.2, -0.15) is 4.84 Å². The Hall–Kier alpha value is -1.24. The quantitative estimate of drug-likeness (QED) is 0.767. The van der Waals surface area contributed by atoms with Gasteiger partial charge in [0.2, 0.25) is 15.2 Å². The van der Waals surface area contributed by atoms with E-state index in [2.05, 4.69) is 0 Å². The Kier molecular flexibility index (Phi) is 4.03. The van der Waals surface area contributed by atoms with Crippen LogP contribution in [0.25, 0.3) is 0 Å². The maximum Gasteiger partial charge on any atom is 0.352 e. The van der Waals surface area contributed by atoms with E-state index in [4.69, 9.17) is 4.84 Å². The summed E-state index contributed by atoms with van der Waals surface area (Å²) in [7, 11) is -3.24. The van der Waals surface area contributed by atoms with E-state index in [0.717, 1.165) is 11.8 Å². The van der Waals surface area contributed by atoms with Crippen LogP contribution in [0.2, 0.25) is 0 Å². The smallest absolute Gasteiger partial charge is 0.227 e. The summed E-state index contributed by atoms with van der Waals surface area (Å²) in [5, 5.41) is -0.645. The van der Waals surface area contributed by atoms with Gasteiger partial charge in [-0.1, -0.05) is 37.3 Å². The number of amides is 1. The molecule has 1 saturated heterocycles. The van der Waals surface area contributed by atoms with Gasteiger partial charge < -0.3 is 0 Å². The Labute approximate surface area is 113 Å². The number of hydrogen-bond acceptors (Lipinski definition) is 4. The second-order valence-corrected chi connectivity index (χ2v) is 7.16. The van der Waals surface area contributed by atoms with Gasteiger partial charge in [0.1, 0.15) is 13.0 Å². The molecule has 1 aromatic carbocycles. The molecule has 1 heterocycles. The fourth-order valence-corrected chi connectivity index (χ4v) is 3.06. The van der Waals surface area contributed by atoms with Gasteiger partial charge in [0.25, 0.3) is 0 Å². The number of hydrogen-bond donors (Lipinski definition) is 1. The van der Waals surface area contributed by atoms with Crippen molar-refractivity contribution in [3.05, 3.63) is 35.9 Å². The Balaban J connectivity index is 1.94. The molecule has 0 aromatic heterocycles. The first kappa shape index (κ1) is 14.2. The molecule has 2 rings (SSSR count). The first-order valence-electron chi connectivity index (χ1n) is 6.16. The fourth-order valence-electron chi connectivity index (χ4n) is 2.02. The lowest BCUT2D eigenvalue weighted by atomic mass is 10.0. The van der Waals surface area contributed by atoms with Crippen molar-refractivity contribution < 1.29 is 23.1 Å². The van der Waals surface area contributed by atoms with Crippen molar-refractivity contribution >= 4 is 15.7 Å². The molecule has 1 amide bonds. The molecule has 5 nitrogen and oxygen atoms in total. The minimum Gasteiger partial charge on any atom is -0.227 e. The normalized spacial score (nSPS) is 24.8. The summed E-state index contributed by atoms with van der Waals surface area (Å²) in [6.07, 6.45) is 1.18. The minimum absolute atomic E-state index is 0.0495. The van der Waals surface area contributed by atoms with Gasteiger partial charge in [0, 0.05) is 12.2 Å². The predicted molar refractivity (Wildman–Crippen MR) is 70.0 cm³/mol. The standard InChI is InChI=1S/C13H17NO4S/c1-10(11-6-4-3-5-7-11)9-18-14-12(15)8-13(14)19(2,16)17/h3-7,10,13H,8-9H2,1-2H3/p+1. The topological polar surface area (TPSA) is 64.9 Å². The summed E-state index contributed by atoms with van der Waals surface area (Å²) >= 11 is 0. The van der Waals surface area contributed by atoms with Crippen molar-refractivity contribution in [2.75, 3.05) is 12.9 Å². The second-order valence-electron chi connectivity index (χ2n) is 4.93. The van der Waals surface area contributed by atoms with Crippen LogP contribution >= 0.6 is 0 Å². The molecular weight excluding hydrogens is 266 g/mol. The molecule has 0 spiro atoms. The van der Waals surface area contributed by atoms with Crippen LogP contribution in [0, 0.1) is 0 Å². The number of benzene rings is 1. The Bertz CT molecular complexity index is 555. The maximum absolute atomic E-state index is 11.4. The van der Waals surface area contributed by atoms with E-state index in [1.165, 1.54) is 0 Å². The second kappa shape index (κ2) is 5.40. The molecular formula is C13H18NO4S+. The van der Waals surface area contributed by atoms with Crippen molar-refractivity contribution in [2.24, 2.45) is 0 Å². The molecule has 1 aromatic rings. The molecule has 0 aliphatic carbocycles. The number of carbonyl (C=O) groups excluding carboxylic acids is 1. The van der Waals surface area contributed by atoms with Gasteiger partial charge in [-0.05, 0) is 5.56 Å². The lowest BCUT2D eigenvalue weighted by molar-refractivity contribution is -1.06. The Morgan fingerprint density at radius 3 is 2.53 bits per heavy atom. The number of sulfone groups is 1. The van der Waals surface area contributed by atoms with Crippen LogP contribution in [0.15, 0.2) is 30.3 Å². The number of rotatable bonds is 5. The van der Waals surface area contributed by atoms with Crippen LogP contribution in [0.4, 0.5) is 0 Å². The highest BCUT2D eigenvalue weighted by atomic mass is 32.2. The van der Waals surface area contributed by atoms with Crippen molar-refractivity contribution in [1.82, 2.24) is 0 Å². The van der Waals surface area contributed by atoms with Crippen molar-refractivity contribution in [3.8, 4) is 0 Å². The Morgan fingerprint density at radius 1 is 1.37 bits per heavy atom. The lowest BCUT2D eigenvalue weighted by Crippen LogP contribution is -3.24. The highest BCUT2D eigenvalue weighted by molar-refractivity contribution is 7.91. The van der Waals surface area contributed by atoms with E-state index in [9.17, 15) is 13.2 Å². The summed E-state index contributed by atoms with van der Waals surface area (Å²) in [6, 6.07) is 9.77. The molecule has 0 saturated carbocycles. The highest BCUT2D eigenvalue weighted by Crippen LogP contribution is 2.14. The molecule has 1 aliphatic rings. The zero-order valence-electron chi connectivity index (χ0n) is 11.0. The largest absolute Gasteiger partial charge is 0.352 e. The van der Waals surface area contributed by atoms with Gasteiger partial charge in [-0.25, -0.2) is 13.2 Å². The number of quaternary nitrogens is 1. The first-order valence-corrected chi connectivity index (χ1v) is 8.11.